The lowest BCUT2D eigenvalue weighted by Crippen LogP contribution is -2.50. The predicted molar refractivity (Wildman–Crippen MR) is 94.9 cm³/mol. The molecule has 0 aromatic heterocycles. The average Bonchev–Trinajstić information content (AvgIpc) is 2.48. The summed E-state index contributed by atoms with van der Waals surface area (Å²) in [5.41, 5.74) is 5.68. The highest BCUT2D eigenvalue weighted by Gasteiger charge is 1.97. The van der Waals surface area contributed by atoms with E-state index in [4.69, 9.17) is 24.4 Å². The zero-order valence-corrected chi connectivity index (χ0v) is 13.9. The van der Waals surface area contributed by atoms with Crippen LogP contribution in [-0.4, -0.2) is 29.1 Å². The van der Waals surface area contributed by atoms with E-state index in [1.165, 1.54) is 4.90 Å². The molecule has 0 spiro atoms. The number of rotatable bonds is 6. The van der Waals surface area contributed by atoms with Gasteiger partial charge in [-0.05, 0) is 43.0 Å². The zero-order valence-electron chi connectivity index (χ0n) is 11.4. The van der Waals surface area contributed by atoms with Gasteiger partial charge in [-0.25, -0.2) is 0 Å². The second-order valence-electron chi connectivity index (χ2n) is 3.92. The van der Waals surface area contributed by atoms with Gasteiger partial charge in [0.05, 0.1) is 0 Å². The minimum atomic E-state index is 0.541. The molecule has 0 fully saturated rings. The molecule has 1 aromatic rings. The highest BCUT2D eigenvalue weighted by molar-refractivity contribution is 7.99. The first-order valence-corrected chi connectivity index (χ1v) is 8.28. The first-order valence-electron chi connectivity index (χ1n) is 6.48. The molecule has 0 saturated carbocycles. The highest BCUT2D eigenvalue weighted by Crippen LogP contribution is 2.15. The summed E-state index contributed by atoms with van der Waals surface area (Å²) in [6.07, 6.45) is 1.03. The normalized spacial score (nSPS) is 9.65. The molecule has 1 rings (SSSR count). The van der Waals surface area contributed by atoms with Gasteiger partial charge in [0.25, 0.3) is 0 Å². The van der Waals surface area contributed by atoms with Crippen molar-refractivity contribution in [1.29, 1.82) is 0 Å². The zero-order chi connectivity index (χ0) is 14.6. The van der Waals surface area contributed by atoms with Gasteiger partial charge < -0.3 is 10.6 Å². The summed E-state index contributed by atoms with van der Waals surface area (Å²) in [6, 6.07) is 10.3. The molecule has 0 atom stereocenters. The Morgan fingerprint density at radius 1 is 1.00 bits per heavy atom. The van der Waals surface area contributed by atoms with E-state index in [-0.39, 0.29) is 0 Å². The average molecular weight is 329 g/mol. The quantitative estimate of drug-likeness (QED) is 0.276. The molecule has 4 nitrogen and oxygen atoms in total. The lowest BCUT2D eigenvalue weighted by molar-refractivity contribution is 0.768. The second-order valence-corrected chi connectivity index (χ2v) is 5.91. The molecule has 0 unspecified atom stereocenters. The maximum atomic E-state index is 5.13. The third kappa shape index (κ3) is 8.19. The van der Waals surface area contributed by atoms with Crippen LogP contribution in [0.25, 0.3) is 0 Å². The Bertz CT molecular complexity index is 411. The van der Waals surface area contributed by atoms with Crippen LogP contribution in [0.1, 0.15) is 13.3 Å². The minimum absolute atomic E-state index is 0.541. The van der Waals surface area contributed by atoms with E-state index in [0.717, 1.165) is 25.3 Å². The highest BCUT2D eigenvalue weighted by atomic mass is 32.2. The lowest BCUT2D eigenvalue weighted by atomic mass is 10.4. The summed E-state index contributed by atoms with van der Waals surface area (Å²) < 4.78 is 0. The molecule has 0 amide bonds. The van der Waals surface area contributed by atoms with Crippen molar-refractivity contribution in [3.63, 3.8) is 0 Å². The van der Waals surface area contributed by atoms with Crippen LogP contribution in [0.15, 0.2) is 35.2 Å². The topological polar surface area (TPSA) is 48.1 Å². The number of hydrogen-bond donors (Lipinski definition) is 4. The molecule has 20 heavy (non-hydrogen) atoms. The summed E-state index contributed by atoms with van der Waals surface area (Å²) in [5, 5.41) is 7.25. The van der Waals surface area contributed by atoms with Gasteiger partial charge in [-0.1, -0.05) is 25.1 Å². The molecule has 0 saturated heterocycles. The summed E-state index contributed by atoms with van der Waals surface area (Å²) in [4.78, 5) is 1.26. The van der Waals surface area contributed by atoms with Gasteiger partial charge in [-0.3, -0.25) is 10.9 Å². The maximum absolute atomic E-state index is 5.13. The van der Waals surface area contributed by atoms with Gasteiger partial charge in [0.1, 0.15) is 0 Å². The smallest absolute Gasteiger partial charge is 0.185 e. The molecule has 0 bridgehead atoms. The fourth-order valence-corrected chi connectivity index (χ4v) is 2.39. The Hall–Kier alpha value is -1.05. The van der Waals surface area contributed by atoms with Crippen molar-refractivity contribution in [3.05, 3.63) is 30.3 Å². The van der Waals surface area contributed by atoms with Crippen LogP contribution in [0.2, 0.25) is 0 Å². The molecule has 0 radical (unpaired) electrons. The molecule has 110 valence electrons. The van der Waals surface area contributed by atoms with Gasteiger partial charge >= 0.3 is 0 Å². The van der Waals surface area contributed by atoms with Crippen LogP contribution in [0.3, 0.4) is 0 Å². The van der Waals surface area contributed by atoms with Gasteiger partial charge in [-0.2, -0.15) is 0 Å². The van der Waals surface area contributed by atoms with E-state index in [0.29, 0.717) is 10.2 Å². The SMILES string of the molecule is CCCNC(=S)NNC(=S)NCCSc1ccccc1. The van der Waals surface area contributed by atoms with Crippen molar-refractivity contribution >= 4 is 46.4 Å². The van der Waals surface area contributed by atoms with E-state index in [9.17, 15) is 0 Å². The Morgan fingerprint density at radius 2 is 1.60 bits per heavy atom. The van der Waals surface area contributed by atoms with Gasteiger partial charge in [0.15, 0.2) is 10.2 Å². The fraction of sp³-hybridized carbons (Fsp3) is 0.385. The van der Waals surface area contributed by atoms with Crippen LogP contribution in [-0.2, 0) is 0 Å². The van der Waals surface area contributed by atoms with Crippen molar-refractivity contribution < 1.29 is 0 Å². The van der Waals surface area contributed by atoms with Crippen LogP contribution >= 0.6 is 36.2 Å². The largest absolute Gasteiger partial charge is 0.361 e. The molecule has 0 aliphatic rings. The Kier molecular flexibility index (Phi) is 9.10. The van der Waals surface area contributed by atoms with E-state index in [1.807, 2.05) is 18.2 Å². The third-order valence-electron chi connectivity index (χ3n) is 2.22. The van der Waals surface area contributed by atoms with E-state index >= 15 is 0 Å². The summed E-state index contributed by atoms with van der Waals surface area (Å²) in [6.45, 7) is 3.73. The molecule has 7 heteroatoms. The summed E-state index contributed by atoms with van der Waals surface area (Å²) in [5.74, 6) is 0.949. The van der Waals surface area contributed by atoms with Gasteiger partial charge in [-0.15, -0.1) is 11.8 Å². The third-order valence-corrected chi connectivity index (χ3v) is 3.73. The van der Waals surface area contributed by atoms with Crippen LogP contribution < -0.4 is 21.5 Å². The van der Waals surface area contributed by atoms with Crippen molar-refractivity contribution in [3.8, 4) is 0 Å². The molecular formula is C13H20N4S3. The van der Waals surface area contributed by atoms with Gasteiger partial charge in [0, 0.05) is 23.7 Å². The van der Waals surface area contributed by atoms with Gasteiger partial charge in [0.2, 0.25) is 0 Å². The first-order chi connectivity index (χ1) is 9.72. The van der Waals surface area contributed by atoms with E-state index in [1.54, 1.807) is 11.8 Å². The minimum Gasteiger partial charge on any atom is -0.361 e. The van der Waals surface area contributed by atoms with Crippen LogP contribution in [0, 0.1) is 0 Å². The second kappa shape index (κ2) is 10.7. The van der Waals surface area contributed by atoms with Crippen molar-refractivity contribution in [2.75, 3.05) is 18.8 Å². The number of benzene rings is 1. The van der Waals surface area contributed by atoms with Crippen molar-refractivity contribution in [2.24, 2.45) is 0 Å². The number of thioether (sulfide) groups is 1. The Labute approximate surface area is 135 Å². The van der Waals surface area contributed by atoms with Crippen molar-refractivity contribution in [1.82, 2.24) is 21.5 Å². The lowest BCUT2D eigenvalue weighted by Gasteiger charge is -2.13. The van der Waals surface area contributed by atoms with Crippen LogP contribution in [0.5, 0.6) is 0 Å². The summed E-state index contributed by atoms with van der Waals surface area (Å²) in [7, 11) is 0. The van der Waals surface area contributed by atoms with E-state index in [2.05, 4.69) is 40.5 Å². The van der Waals surface area contributed by atoms with E-state index < -0.39 is 0 Å². The molecule has 4 N–H and O–H groups in total. The number of hydrazine groups is 1. The Balaban J connectivity index is 2.04. The summed E-state index contributed by atoms with van der Waals surface area (Å²) >= 11 is 12.0. The molecule has 0 heterocycles. The first kappa shape index (κ1) is 17.0. The number of thiocarbonyl (C=S) groups is 2. The fourth-order valence-electron chi connectivity index (χ4n) is 1.29. The monoisotopic (exact) mass is 328 g/mol. The molecule has 0 aliphatic carbocycles. The Morgan fingerprint density at radius 3 is 2.20 bits per heavy atom. The number of hydrogen-bond acceptors (Lipinski definition) is 3. The maximum Gasteiger partial charge on any atom is 0.185 e. The molecular weight excluding hydrogens is 308 g/mol. The van der Waals surface area contributed by atoms with Crippen molar-refractivity contribution in [2.45, 2.75) is 18.2 Å². The predicted octanol–water partition coefficient (Wildman–Crippen LogP) is 2.03. The molecule has 1 aromatic carbocycles. The standard InChI is InChI=1S/C13H20N4S3/c1-2-8-14-12(18)16-17-13(19)15-9-10-20-11-6-4-3-5-7-11/h3-7H,2,8-10H2,1H3,(H2,14,16,18)(H2,15,17,19). The van der Waals surface area contributed by atoms with Crippen LogP contribution in [0.4, 0.5) is 0 Å². The molecule has 0 aliphatic heterocycles. The number of nitrogens with one attached hydrogen (secondary N) is 4.